The van der Waals surface area contributed by atoms with Crippen LogP contribution in [0, 0.1) is 6.92 Å². The van der Waals surface area contributed by atoms with E-state index in [-0.39, 0.29) is 12.1 Å². The van der Waals surface area contributed by atoms with Crippen molar-refractivity contribution < 1.29 is 9.84 Å². The predicted molar refractivity (Wildman–Crippen MR) is 62.6 cm³/mol. The van der Waals surface area contributed by atoms with Gasteiger partial charge in [-0.1, -0.05) is 0 Å². The number of anilines is 2. The number of rotatable bonds is 2. The Hall–Kier alpha value is -1.47. The average Bonchev–Trinajstić information content (AvgIpc) is 2.28. The highest BCUT2D eigenvalue weighted by Gasteiger charge is 2.26. The van der Waals surface area contributed by atoms with Gasteiger partial charge in [0.2, 0.25) is 11.9 Å². The van der Waals surface area contributed by atoms with Gasteiger partial charge in [-0.25, -0.2) is 0 Å². The third-order valence-corrected chi connectivity index (χ3v) is 2.67. The van der Waals surface area contributed by atoms with Crippen molar-refractivity contribution in [2.24, 2.45) is 0 Å². The summed E-state index contributed by atoms with van der Waals surface area (Å²) in [6.07, 6.45) is -0.736. The van der Waals surface area contributed by atoms with Crippen molar-refractivity contribution in [2.75, 3.05) is 30.3 Å². The van der Waals surface area contributed by atoms with E-state index < -0.39 is 6.10 Å². The molecule has 1 aromatic rings. The van der Waals surface area contributed by atoms with Crippen molar-refractivity contribution in [1.29, 1.82) is 0 Å². The van der Waals surface area contributed by atoms with Gasteiger partial charge in [0.1, 0.15) is 11.9 Å². The quantitative estimate of drug-likeness (QED) is 0.707. The smallest absolute Gasteiger partial charge is 0.230 e. The van der Waals surface area contributed by atoms with Crippen molar-refractivity contribution in [2.45, 2.75) is 26.1 Å². The standard InChI is InChI=1S/C10H17N5O2/c1-6(16)8-5-15(3-4-17-8)10-13-7(2)12-9(11)14-10/h6,8,16H,3-5H2,1-2H3,(H2,11,12,13,14). The fraction of sp³-hybridized carbons (Fsp3) is 0.700. The molecule has 0 saturated carbocycles. The van der Waals surface area contributed by atoms with Gasteiger partial charge in [-0.2, -0.15) is 15.0 Å². The SMILES string of the molecule is Cc1nc(N)nc(N2CCOC(C(C)O)C2)n1. The number of morpholine rings is 1. The lowest BCUT2D eigenvalue weighted by molar-refractivity contribution is -0.0368. The van der Waals surface area contributed by atoms with Crippen LogP contribution in [0.5, 0.6) is 0 Å². The van der Waals surface area contributed by atoms with Gasteiger partial charge in [0.15, 0.2) is 0 Å². The van der Waals surface area contributed by atoms with Gasteiger partial charge in [0.05, 0.1) is 12.7 Å². The van der Waals surface area contributed by atoms with Gasteiger partial charge < -0.3 is 20.5 Å². The van der Waals surface area contributed by atoms with E-state index in [4.69, 9.17) is 10.5 Å². The van der Waals surface area contributed by atoms with Crippen molar-refractivity contribution in [3.63, 3.8) is 0 Å². The Labute approximate surface area is 99.6 Å². The molecule has 2 unspecified atom stereocenters. The number of aryl methyl sites for hydroxylation is 1. The first-order chi connectivity index (χ1) is 8.06. The molecule has 0 aliphatic carbocycles. The fourth-order valence-electron chi connectivity index (χ4n) is 1.78. The van der Waals surface area contributed by atoms with Crippen molar-refractivity contribution in [3.05, 3.63) is 5.82 Å². The first-order valence-corrected chi connectivity index (χ1v) is 5.59. The summed E-state index contributed by atoms with van der Waals surface area (Å²) in [5, 5.41) is 9.52. The number of aliphatic hydroxyl groups is 1. The lowest BCUT2D eigenvalue weighted by atomic mass is 10.2. The van der Waals surface area contributed by atoms with E-state index in [1.807, 2.05) is 4.90 Å². The van der Waals surface area contributed by atoms with E-state index >= 15 is 0 Å². The van der Waals surface area contributed by atoms with Crippen LogP contribution in [0.1, 0.15) is 12.7 Å². The van der Waals surface area contributed by atoms with E-state index in [2.05, 4.69) is 15.0 Å². The Morgan fingerprint density at radius 2 is 2.24 bits per heavy atom. The molecule has 1 fully saturated rings. The Morgan fingerprint density at radius 3 is 2.88 bits per heavy atom. The minimum atomic E-state index is -0.516. The Kier molecular flexibility index (Phi) is 3.39. The van der Waals surface area contributed by atoms with Gasteiger partial charge in [-0.05, 0) is 13.8 Å². The molecule has 94 valence electrons. The first kappa shape index (κ1) is 12.0. The molecule has 1 aliphatic heterocycles. The second-order valence-corrected chi connectivity index (χ2v) is 4.14. The molecule has 1 aromatic heterocycles. The molecule has 17 heavy (non-hydrogen) atoms. The number of ether oxygens (including phenoxy) is 1. The maximum absolute atomic E-state index is 9.52. The lowest BCUT2D eigenvalue weighted by Gasteiger charge is -2.34. The number of aliphatic hydroxyl groups excluding tert-OH is 1. The highest BCUT2D eigenvalue weighted by atomic mass is 16.5. The minimum Gasteiger partial charge on any atom is -0.391 e. The van der Waals surface area contributed by atoms with Crippen LogP contribution < -0.4 is 10.6 Å². The third-order valence-electron chi connectivity index (χ3n) is 2.67. The zero-order valence-corrected chi connectivity index (χ0v) is 10.00. The molecule has 0 radical (unpaired) electrons. The van der Waals surface area contributed by atoms with Crippen LogP contribution in [0.15, 0.2) is 0 Å². The van der Waals surface area contributed by atoms with Gasteiger partial charge in [0, 0.05) is 13.1 Å². The molecule has 0 spiro atoms. The number of aromatic nitrogens is 3. The van der Waals surface area contributed by atoms with Crippen LogP contribution in [0.3, 0.4) is 0 Å². The van der Waals surface area contributed by atoms with Crippen molar-refractivity contribution in [3.8, 4) is 0 Å². The topological polar surface area (TPSA) is 97.4 Å². The van der Waals surface area contributed by atoms with E-state index in [0.29, 0.717) is 31.5 Å². The summed E-state index contributed by atoms with van der Waals surface area (Å²) in [6.45, 7) is 5.27. The van der Waals surface area contributed by atoms with E-state index in [9.17, 15) is 5.11 Å². The van der Waals surface area contributed by atoms with E-state index in [0.717, 1.165) is 0 Å². The van der Waals surface area contributed by atoms with Crippen molar-refractivity contribution >= 4 is 11.9 Å². The monoisotopic (exact) mass is 239 g/mol. The van der Waals surface area contributed by atoms with Crippen LogP contribution in [0.4, 0.5) is 11.9 Å². The summed E-state index contributed by atoms with van der Waals surface area (Å²) in [7, 11) is 0. The summed E-state index contributed by atoms with van der Waals surface area (Å²) < 4.78 is 5.46. The van der Waals surface area contributed by atoms with Gasteiger partial charge in [0.25, 0.3) is 0 Å². The second-order valence-electron chi connectivity index (χ2n) is 4.14. The average molecular weight is 239 g/mol. The first-order valence-electron chi connectivity index (χ1n) is 5.59. The van der Waals surface area contributed by atoms with Crippen LogP contribution in [0.25, 0.3) is 0 Å². The number of nitrogen functional groups attached to an aromatic ring is 1. The number of nitrogens with zero attached hydrogens (tertiary/aromatic N) is 4. The molecule has 1 aliphatic rings. The van der Waals surface area contributed by atoms with E-state index in [1.54, 1.807) is 13.8 Å². The molecule has 7 nitrogen and oxygen atoms in total. The number of hydrogen-bond donors (Lipinski definition) is 2. The van der Waals surface area contributed by atoms with Gasteiger partial charge in [-0.15, -0.1) is 0 Å². The molecule has 3 N–H and O–H groups in total. The molecule has 1 saturated heterocycles. The summed E-state index contributed by atoms with van der Waals surface area (Å²) in [4.78, 5) is 14.2. The summed E-state index contributed by atoms with van der Waals surface area (Å²) in [5.74, 6) is 1.35. The highest BCUT2D eigenvalue weighted by Crippen LogP contribution is 2.15. The number of nitrogens with two attached hydrogens (primary N) is 1. The summed E-state index contributed by atoms with van der Waals surface area (Å²) in [5.41, 5.74) is 5.59. The summed E-state index contributed by atoms with van der Waals surface area (Å²) >= 11 is 0. The fourth-order valence-corrected chi connectivity index (χ4v) is 1.78. The molecule has 2 atom stereocenters. The second kappa shape index (κ2) is 4.80. The molecule has 0 bridgehead atoms. The maximum atomic E-state index is 9.52. The molecule has 7 heteroatoms. The van der Waals surface area contributed by atoms with Crippen LogP contribution in [-0.2, 0) is 4.74 Å². The zero-order valence-electron chi connectivity index (χ0n) is 10.00. The zero-order chi connectivity index (χ0) is 12.4. The maximum Gasteiger partial charge on any atom is 0.230 e. The summed E-state index contributed by atoms with van der Waals surface area (Å²) in [6, 6.07) is 0. The minimum absolute atomic E-state index is 0.215. The molecule has 2 rings (SSSR count). The van der Waals surface area contributed by atoms with Gasteiger partial charge in [-0.3, -0.25) is 0 Å². The number of hydrogen-bond acceptors (Lipinski definition) is 7. The van der Waals surface area contributed by atoms with Gasteiger partial charge >= 0.3 is 0 Å². The van der Waals surface area contributed by atoms with Crippen LogP contribution in [0.2, 0.25) is 0 Å². The Bertz CT molecular complexity index is 378. The molecule has 0 aromatic carbocycles. The predicted octanol–water partition coefficient (Wildman–Crippen LogP) is -0.652. The Morgan fingerprint density at radius 1 is 1.47 bits per heavy atom. The molecular formula is C10H17N5O2. The van der Waals surface area contributed by atoms with Crippen LogP contribution in [-0.4, -0.2) is 52.0 Å². The molecule has 0 amide bonds. The lowest BCUT2D eigenvalue weighted by Crippen LogP contribution is -2.47. The van der Waals surface area contributed by atoms with E-state index in [1.165, 1.54) is 0 Å². The Balaban J connectivity index is 2.16. The van der Waals surface area contributed by atoms with Crippen molar-refractivity contribution in [1.82, 2.24) is 15.0 Å². The highest BCUT2D eigenvalue weighted by molar-refractivity contribution is 5.35. The van der Waals surface area contributed by atoms with Crippen LogP contribution >= 0.6 is 0 Å². The molecular weight excluding hydrogens is 222 g/mol. The third kappa shape index (κ3) is 2.80. The normalized spacial score (nSPS) is 22.5. The molecule has 2 heterocycles. The largest absolute Gasteiger partial charge is 0.391 e.